The Morgan fingerprint density at radius 1 is 1.37 bits per heavy atom. The maximum Gasteiger partial charge on any atom is 0.101 e. The van der Waals surface area contributed by atoms with Gasteiger partial charge in [-0.1, -0.05) is 0 Å². The Labute approximate surface area is 114 Å². The molecule has 1 aromatic heterocycles. The highest BCUT2D eigenvalue weighted by Crippen LogP contribution is 2.32. The van der Waals surface area contributed by atoms with E-state index in [1.807, 2.05) is 12.3 Å². The second kappa shape index (κ2) is 5.18. The van der Waals surface area contributed by atoms with Gasteiger partial charge in [0, 0.05) is 25.3 Å². The molecule has 0 amide bonds. The summed E-state index contributed by atoms with van der Waals surface area (Å²) in [6.07, 6.45) is 7.34. The Morgan fingerprint density at radius 3 is 3.11 bits per heavy atom. The molecule has 3 rings (SSSR count). The number of aromatic nitrogens is 1. The largest absolute Gasteiger partial charge is 0.369 e. The van der Waals surface area contributed by atoms with E-state index in [9.17, 15) is 5.26 Å². The van der Waals surface area contributed by atoms with Crippen molar-refractivity contribution in [2.75, 3.05) is 31.6 Å². The SMILES string of the molecule is CN1CCCC2CN(c3cnccc3C#N)CCC21. The van der Waals surface area contributed by atoms with E-state index in [2.05, 4.69) is 27.9 Å². The summed E-state index contributed by atoms with van der Waals surface area (Å²) in [5.41, 5.74) is 1.76. The fourth-order valence-corrected chi connectivity index (χ4v) is 3.60. The Kier molecular flexibility index (Phi) is 3.39. The molecule has 0 spiro atoms. The molecule has 19 heavy (non-hydrogen) atoms. The zero-order valence-corrected chi connectivity index (χ0v) is 11.4. The zero-order chi connectivity index (χ0) is 13.2. The summed E-state index contributed by atoms with van der Waals surface area (Å²) in [6.45, 7) is 3.33. The molecular weight excluding hydrogens is 236 g/mol. The predicted octanol–water partition coefficient (Wildman–Crippen LogP) is 1.87. The number of anilines is 1. The molecule has 0 saturated carbocycles. The minimum Gasteiger partial charge on any atom is -0.369 e. The van der Waals surface area contributed by atoms with Crippen LogP contribution in [0.15, 0.2) is 18.5 Å². The first-order valence-corrected chi connectivity index (χ1v) is 7.09. The van der Waals surface area contributed by atoms with E-state index in [-0.39, 0.29) is 0 Å². The molecule has 0 N–H and O–H groups in total. The van der Waals surface area contributed by atoms with Crippen LogP contribution in [0.3, 0.4) is 0 Å². The predicted molar refractivity (Wildman–Crippen MR) is 74.9 cm³/mol. The number of piperidine rings is 2. The fourth-order valence-electron chi connectivity index (χ4n) is 3.60. The average molecular weight is 256 g/mol. The van der Waals surface area contributed by atoms with Crippen molar-refractivity contribution in [1.29, 1.82) is 5.26 Å². The van der Waals surface area contributed by atoms with Gasteiger partial charge < -0.3 is 9.80 Å². The van der Waals surface area contributed by atoms with Crippen LogP contribution in [0.25, 0.3) is 0 Å². The topological polar surface area (TPSA) is 43.2 Å². The van der Waals surface area contributed by atoms with Gasteiger partial charge in [0.05, 0.1) is 17.4 Å². The highest BCUT2D eigenvalue weighted by molar-refractivity contribution is 5.57. The molecule has 2 saturated heterocycles. The van der Waals surface area contributed by atoms with Crippen LogP contribution >= 0.6 is 0 Å². The lowest BCUT2D eigenvalue weighted by Gasteiger charge is -2.46. The third-order valence-corrected chi connectivity index (χ3v) is 4.61. The number of pyridine rings is 1. The van der Waals surface area contributed by atoms with E-state index in [1.54, 1.807) is 6.20 Å². The first kappa shape index (κ1) is 12.4. The fraction of sp³-hybridized carbons (Fsp3) is 0.600. The third kappa shape index (κ3) is 2.31. The lowest BCUT2D eigenvalue weighted by atomic mass is 9.84. The maximum atomic E-state index is 9.21. The Hall–Kier alpha value is -1.60. The first-order chi connectivity index (χ1) is 9.29. The van der Waals surface area contributed by atoms with Gasteiger partial charge in [0.2, 0.25) is 0 Å². The molecule has 3 heterocycles. The molecule has 4 nitrogen and oxygen atoms in total. The van der Waals surface area contributed by atoms with Gasteiger partial charge in [0.1, 0.15) is 6.07 Å². The van der Waals surface area contributed by atoms with E-state index < -0.39 is 0 Å². The Balaban J connectivity index is 1.79. The molecule has 0 radical (unpaired) electrons. The summed E-state index contributed by atoms with van der Waals surface area (Å²) in [6, 6.07) is 4.82. The standard InChI is InChI=1S/C15H20N4/c1-18-7-2-3-13-11-19(8-5-14(13)18)15-10-17-6-4-12(15)9-16/h4,6,10,13-14H,2-3,5,7-8,11H2,1H3. The Bertz CT molecular complexity index is 493. The molecule has 2 aliphatic heterocycles. The smallest absolute Gasteiger partial charge is 0.101 e. The zero-order valence-electron chi connectivity index (χ0n) is 11.4. The van der Waals surface area contributed by atoms with Crippen LogP contribution in [-0.4, -0.2) is 42.6 Å². The van der Waals surface area contributed by atoms with Crippen LogP contribution in [-0.2, 0) is 0 Å². The lowest BCUT2D eigenvalue weighted by Crippen LogP contribution is -2.52. The molecule has 2 fully saturated rings. The van der Waals surface area contributed by atoms with Gasteiger partial charge in [0.15, 0.2) is 0 Å². The summed E-state index contributed by atoms with van der Waals surface area (Å²) >= 11 is 0. The van der Waals surface area contributed by atoms with Crippen molar-refractivity contribution in [3.63, 3.8) is 0 Å². The van der Waals surface area contributed by atoms with Crippen LogP contribution in [0, 0.1) is 17.2 Å². The van der Waals surface area contributed by atoms with Gasteiger partial charge in [0.25, 0.3) is 0 Å². The summed E-state index contributed by atoms with van der Waals surface area (Å²) in [5, 5.41) is 9.21. The highest BCUT2D eigenvalue weighted by atomic mass is 15.2. The van der Waals surface area contributed by atoms with Crippen molar-refractivity contribution in [2.24, 2.45) is 5.92 Å². The number of hydrogen-bond acceptors (Lipinski definition) is 4. The molecule has 4 heteroatoms. The van der Waals surface area contributed by atoms with Crippen LogP contribution in [0.4, 0.5) is 5.69 Å². The van der Waals surface area contributed by atoms with Gasteiger partial charge >= 0.3 is 0 Å². The molecular formula is C15H20N4. The van der Waals surface area contributed by atoms with Crippen molar-refractivity contribution in [3.8, 4) is 6.07 Å². The van der Waals surface area contributed by atoms with Crippen molar-refractivity contribution < 1.29 is 0 Å². The highest BCUT2D eigenvalue weighted by Gasteiger charge is 2.34. The number of rotatable bonds is 1. The van der Waals surface area contributed by atoms with Crippen LogP contribution in [0.2, 0.25) is 0 Å². The first-order valence-electron chi connectivity index (χ1n) is 7.09. The molecule has 1 aromatic rings. The van der Waals surface area contributed by atoms with E-state index in [1.165, 1.54) is 25.8 Å². The summed E-state index contributed by atoms with van der Waals surface area (Å²) in [5.74, 6) is 0.735. The van der Waals surface area contributed by atoms with Crippen molar-refractivity contribution in [2.45, 2.75) is 25.3 Å². The molecule has 2 aliphatic rings. The number of hydrogen-bond donors (Lipinski definition) is 0. The van der Waals surface area contributed by atoms with E-state index in [0.717, 1.165) is 36.3 Å². The number of nitrogens with zero attached hydrogens (tertiary/aromatic N) is 4. The maximum absolute atomic E-state index is 9.21. The minimum atomic E-state index is 0.729. The molecule has 0 bridgehead atoms. The van der Waals surface area contributed by atoms with E-state index >= 15 is 0 Å². The number of fused-ring (bicyclic) bond motifs is 1. The number of likely N-dealkylation sites (tertiary alicyclic amines) is 1. The summed E-state index contributed by atoms with van der Waals surface area (Å²) in [4.78, 5) is 9.05. The molecule has 0 aromatic carbocycles. The van der Waals surface area contributed by atoms with Crippen LogP contribution in [0.5, 0.6) is 0 Å². The summed E-state index contributed by atoms with van der Waals surface area (Å²) < 4.78 is 0. The van der Waals surface area contributed by atoms with E-state index in [4.69, 9.17) is 0 Å². The monoisotopic (exact) mass is 256 g/mol. The van der Waals surface area contributed by atoms with Crippen molar-refractivity contribution >= 4 is 5.69 Å². The second-order valence-corrected chi connectivity index (χ2v) is 5.69. The van der Waals surface area contributed by atoms with Crippen molar-refractivity contribution in [1.82, 2.24) is 9.88 Å². The van der Waals surface area contributed by atoms with Gasteiger partial charge in [-0.25, -0.2) is 0 Å². The average Bonchev–Trinajstić information content (AvgIpc) is 2.47. The molecule has 100 valence electrons. The van der Waals surface area contributed by atoms with E-state index in [0.29, 0.717) is 0 Å². The Morgan fingerprint density at radius 2 is 2.26 bits per heavy atom. The normalized spacial score (nSPS) is 27.7. The molecule has 2 unspecified atom stereocenters. The van der Waals surface area contributed by atoms with Crippen LogP contribution < -0.4 is 4.90 Å². The molecule has 0 aliphatic carbocycles. The second-order valence-electron chi connectivity index (χ2n) is 5.69. The van der Waals surface area contributed by atoms with Crippen molar-refractivity contribution in [3.05, 3.63) is 24.0 Å². The van der Waals surface area contributed by atoms with Crippen LogP contribution in [0.1, 0.15) is 24.8 Å². The minimum absolute atomic E-state index is 0.729. The van der Waals surface area contributed by atoms with Gasteiger partial charge in [-0.2, -0.15) is 5.26 Å². The lowest BCUT2D eigenvalue weighted by molar-refractivity contribution is 0.102. The third-order valence-electron chi connectivity index (χ3n) is 4.61. The number of nitriles is 1. The van der Waals surface area contributed by atoms with Gasteiger partial charge in [-0.3, -0.25) is 4.98 Å². The molecule has 2 atom stereocenters. The quantitative estimate of drug-likeness (QED) is 0.769. The summed E-state index contributed by atoms with van der Waals surface area (Å²) in [7, 11) is 2.25. The van der Waals surface area contributed by atoms with Gasteiger partial charge in [-0.15, -0.1) is 0 Å². The van der Waals surface area contributed by atoms with Gasteiger partial charge in [-0.05, 0) is 44.8 Å².